The van der Waals surface area contributed by atoms with E-state index in [9.17, 15) is 13.9 Å². The highest BCUT2D eigenvalue weighted by Crippen LogP contribution is 2.26. The SMILES string of the molecule is CC(O)CC(C)CNCc1ccc(OC(F)F)c(Cl)c1. The summed E-state index contributed by atoms with van der Waals surface area (Å²) < 4.78 is 28.4. The van der Waals surface area contributed by atoms with Gasteiger partial charge in [0.15, 0.2) is 0 Å². The molecule has 0 saturated heterocycles. The lowest BCUT2D eigenvalue weighted by atomic mass is 10.0. The summed E-state index contributed by atoms with van der Waals surface area (Å²) in [6.07, 6.45) is 0.418. The first-order chi connectivity index (χ1) is 9.38. The van der Waals surface area contributed by atoms with Gasteiger partial charge in [0.1, 0.15) is 5.75 Å². The fraction of sp³-hybridized carbons (Fsp3) is 0.571. The second-order valence-electron chi connectivity index (χ2n) is 4.96. The molecule has 0 aliphatic rings. The topological polar surface area (TPSA) is 41.5 Å². The number of benzene rings is 1. The van der Waals surface area contributed by atoms with Crippen LogP contribution >= 0.6 is 11.6 Å². The van der Waals surface area contributed by atoms with Gasteiger partial charge in [-0.05, 0) is 43.5 Å². The van der Waals surface area contributed by atoms with Crippen LogP contribution in [-0.2, 0) is 6.54 Å². The number of nitrogens with one attached hydrogen (secondary N) is 1. The second kappa shape index (κ2) is 8.39. The average molecular weight is 308 g/mol. The van der Waals surface area contributed by atoms with Crippen molar-refractivity contribution in [1.82, 2.24) is 5.32 Å². The minimum absolute atomic E-state index is 0.0205. The van der Waals surface area contributed by atoms with Crippen molar-refractivity contribution in [3.8, 4) is 5.75 Å². The maximum Gasteiger partial charge on any atom is 0.387 e. The summed E-state index contributed by atoms with van der Waals surface area (Å²) >= 11 is 5.86. The van der Waals surface area contributed by atoms with Crippen LogP contribution in [0, 0.1) is 5.92 Å². The Bertz CT molecular complexity index is 416. The first kappa shape index (κ1) is 17.1. The van der Waals surface area contributed by atoms with E-state index in [2.05, 4.69) is 10.1 Å². The van der Waals surface area contributed by atoms with Crippen molar-refractivity contribution in [2.24, 2.45) is 5.92 Å². The molecule has 0 aliphatic carbocycles. The summed E-state index contributed by atoms with van der Waals surface area (Å²) in [6.45, 7) is 2.28. The molecule has 2 atom stereocenters. The molecule has 2 N–H and O–H groups in total. The number of aliphatic hydroxyl groups is 1. The zero-order valence-corrected chi connectivity index (χ0v) is 12.3. The maximum absolute atomic E-state index is 12.1. The monoisotopic (exact) mass is 307 g/mol. The highest BCUT2D eigenvalue weighted by atomic mass is 35.5. The van der Waals surface area contributed by atoms with Gasteiger partial charge in [0.25, 0.3) is 0 Å². The van der Waals surface area contributed by atoms with Gasteiger partial charge >= 0.3 is 6.61 Å². The van der Waals surface area contributed by atoms with Gasteiger partial charge in [-0.2, -0.15) is 8.78 Å². The quantitative estimate of drug-likeness (QED) is 0.773. The van der Waals surface area contributed by atoms with Gasteiger partial charge in [-0.25, -0.2) is 0 Å². The molecule has 1 aromatic carbocycles. The number of hydrogen-bond acceptors (Lipinski definition) is 3. The highest BCUT2D eigenvalue weighted by Gasteiger charge is 2.09. The Hall–Kier alpha value is -0.910. The Balaban J connectivity index is 2.43. The van der Waals surface area contributed by atoms with E-state index in [1.54, 1.807) is 19.1 Å². The Kier molecular flexibility index (Phi) is 7.19. The maximum atomic E-state index is 12.1. The van der Waals surface area contributed by atoms with Gasteiger partial charge in [-0.15, -0.1) is 0 Å². The van der Waals surface area contributed by atoms with Crippen LogP contribution in [0.5, 0.6) is 5.75 Å². The number of alkyl halides is 2. The van der Waals surface area contributed by atoms with E-state index in [0.717, 1.165) is 18.5 Å². The Morgan fingerprint density at radius 3 is 2.60 bits per heavy atom. The molecule has 0 aliphatic heterocycles. The normalized spacial score (nSPS) is 14.3. The lowest BCUT2D eigenvalue weighted by molar-refractivity contribution is -0.0497. The molecule has 3 nitrogen and oxygen atoms in total. The Morgan fingerprint density at radius 2 is 2.05 bits per heavy atom. The average Bonchev–Trinajstić information content (AvgIpc) is 2.31. The van der Waals surface area contributed by atoms with E-state index in [4.69, 9.17) is 11.6 Å². The molecule has 114 valence electrons. The molecule has 0 fully saturated rings. The summed E-state index contributed by atoms with van der Waals surface area (Å²) in [5.74, 6) is 0.333. The van der Waals surface area contributed by atoms with Gasteiger partial charge in [0.05, 0.1) is 11.1 Å². The summed E-state index contributed by atoms with van der Waals surface area (Å²) in [6, 6.07) is 4.73. The molecule has 0 spiro atoms. The smallest absolute Gasteiger partial charge is 0.387 e. The lowest BCUT2D eigenvalue weighted by Gasteiger charge is -2.14. The fourth-order valence-corrected chi connectivity index (χ4v) is 2.22. The Labute approximate surface area is 122 Å². The summed E-state index contributed by atoms with van der Waals surface area (Å²) in [4.78, 5) is 0. The molecule has 0 saturated carbocycles. The molecular formula is C14H20ClF2NO2. The van der Waals surface area contributed by atoms with Gasteiger partial charge < -0.3 is 15.2 Å². The summed E-state index contributed by atoms with van der Waals surface area (Å²) in [5.41, 5.74) is 0.890. The van der Waals surface area contributed by atoms with Crippen molar-refractivity contribution in [2.75, 3.05) is 6.54 Å². The third-order valence-electron chi connectivity index (χ3n) is 2.78. The Morgan fingerprint density at radius 1 is 1.35 bits per heavy atom. The predicted molar refractivity (Wildman–Crippen MR) is 75.3 cm³/mol. The highest BCUT2D eigenvalue weighted by molar-refractivity contribution is 6.32. The van der Waals surface area contributed by atoms with E-state index in [1.165, 1.54) is 6.07 Å². The molecule has 0 amide bonds. The summed E-state index contributed by atoms with van der Waals surface area (Å²) in [7, 11) is 0. The third-order valence-corrected chi connectivity index (χ3v) is 3.07. The minimum atomic E-state index is -2.88. The van der Waals surface area contributed by atoms with Gasteiger partial charge in [-0.1, -0.05) is 24.6 Å². The molecule has 1 aromatic rings. The van der Waals surface area contributed by atoms with Crippen molar-refractivity contribution >= 4 is 11.6 Å². The molecule has 0 radical (unpaired) electrons. The minimum Gasteiger partial charge on any atom is -0.433 e. The zero-order valence-electron chi connectivity index (χ0n) is 11.6. The molecule has 0 heterocycles. The standard InChI is InChI=1S/C14H20ClF2NO2/c1-9(5-10(2)19)7-18-8-11-3-4-13(12(15)6-11)20-14(16)17/h3-4,6,9-10,14,18-19H,5,7-8H2,1-2H3. The predicted octanol–water partition coefficient (Wildman–Crippen LogP) is 3.44. The van der Waals surface area contributed by atoms with Gasteiger partial charge in [0, 0.05) is 6.54 Å². The molecule has 0 bridgehead atoms. The van der Waals surface area contributed by atoms with E-state index >= 15 is 0 Å². The van der Waals surface area contributed by atoms with Crippen molar-refractivity contribution in [3.05, 3.63) is 28.8 Å². The van der Waals surface area contributed by atoms with Gasteiger partial charge in [-0.3, -0.25) is 0 Å². The van der Waals surface area contributed by atoms with Crippen molar-refractivity contribution in [2.45, 2.75) is 39.5 Å². The van der Waals surface area contributed by atoms with Crippen LogP contribution in [0.4, 0.5) is 8.78 Å². The van der Waals surface area contributed by atoms with Gasteiger partial charge in [0.2, 0.25) is 0 Å². The van der Waals surface area contributed by atoms with E-state index < -0.39 is 6.61 Å². The number of rotatable bonds is 8. The molecule has 1 rings (SSSR count). The van der Waals surface area contributed by atoms with Crippen LogP contribution < -0.4 is 10.1 Å². The molecule has 6 heteroatoms. The first-order valence-electron chi connectivity index (χ1n) is 6.50. The van der Waals surface area contributed by atoms with Crippen LogP contribution in [0.1, 0.15) is 25.8 Å². The largest absolute Gasteiger partial charge is 0.433 e. The molecule has 0 aromatic heterocycles. The first-order valence-corrected chi connectivity index (χ1v) is 6.88. The van der Waals surface area contributed by atoms with Crippen LogP contribution in [0.2, 0.25) is 5.02 Å². The lowest BCUT2D eigenvalue weighted by Crippen LogP contribution is -2.23. The van der Waals surface area contributed by atoms with Crippen molar-refractivity contribution < 1.29 is 18.6 Å². The van der Waals surface area contributed by atoms with E-state index in [1.807, 2.05) is 6.92 Å². The van der Waals surface area contributed by atoms with Crippen molar-refractivity contribution in [3.63, 3.8) is 0 Å². The van der Waals surface area contributed by atoms with E-state index in [-0.39, 0.29) is 16.9 Å². The van der Waals surface area contributed by atoms with Crippen LogP contribution in [0.3, 0.4) is 0 Å². The number of hydrogen-bond donors (Lipinski definition) is 2. The molecule has 20 heavy (non-hydrogen) atoms. The number of halogens is 3. The van der Waals surface area contributed by atoms with Crippen LogP contribution in [0.25, 0.3) is 0 Å². The number of aliphatic hydroxyl groups excluding tert-OH is 1. The molecule has 2 unspecified atom stereocenters. The summed E-state index contributed by atoms with van der Waals surface area (Å²) in [5, 5.41) is 12.7. The van der Waals surface area contributed by atoms with Crippen LogP contribution in [0.15, 0.2) is 18.2 Å². The number of ether oxygens (including phenoxy) is 1. The zero-order chi connectivity index (χ0) is 15.1. The fourth-order valence-electron chi connectivity index (χ4n) is 1.97. The van der Waals surface area contributed by atoms with Crippen molar-refractivity contribution in [1.29, 1.82) is 0 Å². The van der Waals surface area contributed by atoms with E-state index in [0.29, 0.717) is 12.5 Å². The second-order valence-corrected chi connectivity index (χ2v) is 5.37. The molecular weight excluding hydrogens is 288 g/mol. The van der Waals surface area contributed by atoms with Crippen LogP contribution in [-0.4, -0.2) is 24.4 Å². The third kappa shape index (κ3) is 6.50.